The lowest BCUT2D eigenvalue weighted by Gasteiger charge is -1.96. The summed E-state index contributed by atoms with van der Waals surface area (Å²) in [5.41, 5.74) is 2.60. The van der Waals surface area contributed by atoms with Crippen molar-refractivity contribution in [3.8, 4) is 0 Å². The highest BCUT2D eigenvalue weighted by atomic mass is 16.3. The summed E-state index contributed by atoms with van der Waals surface area (Å²) in [5.74, 6) is 0. The minimum Gasteiger partial charge on any atom is -0.396 e. The second kappa shape index (κ2) is 22.1. The van der Waals surface area contributed by atoms with Crippen molar-refractivity contribution in [2.75, 3.05) is 13.2 Å². The molecular weight excluding hydrogens is 332 g/mol. The number of nitrogens with one attached hydrogen (secondary N) is 2. The first kappa shape index (κ1) is 25.4. The van der Waals surface area contributed by atoms with E-state index in [1.54, 1.807) is 0 Å². The topological polar surface area (TPSA) is 122 Å². The van der Waals surface area contributed by atoms with Crippen molar-refractivity contribution in [1.29, 1.82) is 10.8 Å². The highest BCUT2D eigenvalue weighted by Gasteiger charge is 1.88. The van der Waals surface area contributed by atoms with Gasteiger partial charge in [0.25, 0.3) is 0 Å². The van der Waals surface area contributed by atoms with Crippen LogP contribution in [0.5, 0.6) is 0 Å². The number of isocyanates is 2. The molecule has 0 saturated carbocycles. The molecule has 0 bridgehead atoms. The van der Waals surface area contributed by atoms with Crippen LogP contribution in [0.25, 0.3) is 0 Å². The van der Waals surface area contributed by atoms with Gasteiger partial charge < -0.3 is 10.2 Å². The molecule has 0 spiro atoms. The van der Waals surface area contributed by atoms with Crippen molar-refractivity contribution in [1.82, 2.24) is 0 Å². The summed E-state index contributed by atoms with van der Waals surface area (Å²) < 4.78 is 0. The second-order valence-corrected chi connectivity index (χ2v) is 4.83. The van der Waals surface area contributed by atoms with E-state index < -0.39 is 0 Å². The number of carbonyl (C=O) groups excluding carboxylic acids is 2. The molecule has 2 aromatic carbocycles. The molecule has 4 N–H and O–H groups in total. The Hall–Kier alpha value is -2.88. The number of aryl methyl sites for hydroxylation is 2. The van der Waals surface area contributed by atoms with Gasteiger partial charge >= 0.3 is 0 Å². The Morgan fingerprint density at radius 2 is 0.923 bits per heavy atom. The summed E-state index contributed by atoms with van der Waals surface area (Å²) in [7, 11) is 0. The van der Waals surface area contributed by atoms with Gasteiger partial charge in [0.1, 0.15) is 0 Å². The Bertz CT molecular complexity index is 536. The average Bonchev–Trinajstić information content (AvgIpc) is 2.68. The zero-order valence-electron chi connectivity index (χ0n) is 14.7. The van der Waals surface area contributed by atoms with Gasteiger partial charge in [-0.25, -0.2) is 20.4 Å². The fourth-order valence-electron chi connectivity index (χ4n) is 1.86. The van der Waals surface area contributed by atoms with Crippen molar-refractivity contribution in [2.24, 2.45) is 0 Å². The van der Waals surface area contributed by atoms with Crippen LogP contribution in [-0.4, -0.2) is 35.6 Å². The fraction of sp³-hybridized carbons (Fsp3) is 0.300. The first-order valence-corrected chi connectivity index (χ1v) is 8.07. The highest BCUT2D eigenvalue weighted by molar-refractivity contribution is 5.26. The van der Waals surface area contributed by atoms with Crippen LogP contribution in [0, 0.1) is 10.8 Å². The van der Waals surface area contributed by atoms with Gasteiger partial charge in [0.15, 0.2) is 0 Å². The fourth-order valence-corrected chi connectivity index (χ4v) is 1.86. The number of rotatable bonds is 6. The van der Waals surface area contributed by atoms with Crippen molar-refractivity contribution < 1.29 is 19.8 Å². The maximum absolute atomic E-state index is 8.53. The van der Waals surface area contributed by atoms with Gasteiger partial charge in [-0.15, -0.1) is 0 Å². The predicted molar refractivity (Wildman–Crippen MR) is 101 cm³/mol. The van der Waals surface area contributed by atoms with E-state index in [-0.39, 0.29) is 13.2 Å². The van der Waals surface area contributed by atoms with E-state index in [0.717, 1.165) is 37.8 Å². The van der Waals surface area contributed by atoms with Gasteiger partial charge in [-0.1, -0.05) is 60.7 Å². The van der Waals surface area contributed by atoms with Crippen LogP contribution in [0.3, 0.4) is 0 Å². The molecule has 0 unspecified atom stereocenters. The Morgan fingerprint density at radius 1 is 0.654 bits per heavy atom. The molecule has 0 heterocycles. The maximum atomic E-state index is 8.53. The Kier molecular flexibility index (Phi) is 21.6. The minimum atomic E-state index is 0.287. The number of aliphatic hydroxyl groups excluding tert-OH is 2. The molecule has 0 fully saturated rings. The van der Waals surface area contributed by atoms with Crippen LogP contribution >= 0.6 is 0 Å². The van der Waals surface area contributed by atoms with Crippen molar-refractivity contribution >= 4 is 12.2 Å². The summed E-state index contributed by atoms with van der Waals surface area (Å²) in [6.07, 6.45) is 5.20. The second-order valence-electron chi connectivity index (χ2n) is 4.83. The zero-order valence-corrected chi connectivity index (χ0v) is 14.7. The smallest absolute Gasteiger partial charge is 0.231 e. The van der Waals surface area contributed by atoms with Gasteiger partial charge in [-0.3, -0.25) is 0 Å². The van der Waals surface area contributed by atoms with E-state index in [9.17, 15) is 0 Å². The van der Waals surface area contributed by atoms with Crippen LogP contribution in [0.2, 0.25) is 0 Å². The van der Waals surface area contributed by atoms with E-state index in [2.05, 4.69) is 24.3 Å². The number of benzene rings is 2. The molecule has 0 aliphatic rings. The molecule has 0 amide bonds. The van der Waals surface area contributed by atoms with Crippen molar-refractivity contribution in [3.05, 3.63) is 71.8 Å². The zero-order chi connectivity index (χ0) is 19.9. The quantitative estimate of drug-likeness (QED) is 0.468. The number of hydrogen-bond donors (Lipinski definition) is 4. The first-order chi connectivity index (χ1) is 12.7. The molecule has 0 aliphatic carbocycles. The largest absolute Gasteiger partial charge is 0.396 e. The molecule has 140 valence electrons. The number of aliphatic hydroxyl groups is 2. The van der Waals surface area contributed by atoms with Crippen LogP contribution in [0.15, 0.2) is 60.7 Å². The SMILES string of the molecule is N=C=O.N=C=O.OCCCc1ccccc1.OCCCc1ccccc1. The van der Waals surface area contributed by atoms with E-state index >= 15 is 0 Å². The summed E-state index contributed by atoms with van der Waals surface area (Å²) in [4.78, 5) is 16.7. The Labute approximate surface area is 154 Å². The predicted octanol–water partition coefficient (Wildman–Crippen LogP) is 3.02. The molecule has 0 aromatic heterocycles. The third-order valence-corrected chi connectivity index (χ3v) is 2.93. The van der Waals surface area contributed by atoms with E-state index in [0.29, 0.717) is 0 Å². The van der Waals surface area contributed by atoms with Crippen molar-refractivity contribution in [2.45, 2.75) is 25.7 Å². The minimum absolute atomic E-state index is 0.287. The van der Waals surface area contributed by atoms with Crippen LogP contribution < -0.4 is 0 Å². The first-order valence-electron chi connectivity index (χ1n) is 8.07. The molecule has 2 aromatic rings. The number of hydrogen-bond acceptors (Lipinski definition) is 6. The Morgan fingerprint density at radius 3 is 1.15 bits per heavy atom. The van der Waals surface area contributed by atoms with Crippen LogP contribution in [0.1, 0.15) is 24.0 Å². The lowest BCUT2D eigenvalue weighted by atomic mass is 10.1. The summed E-state index contributed by atoms with van der Waals surface area (Å²) in [6, 6.07) is 20.4. The molecule has 0 atom stereocenters. The van der Waals surface area contributed by atoms with Gasteiger partial charge in [-0.05, 0) is 36.8 Å². The summed E-state index contributed by atoms with van der Waals surface area (Å²) in [5, 5.41) is 27.9. The molecule has 2 rings (SSSR count). The lowest BCUT2D eigenvalue weighted by molar-refractivity contribution is 0.288. The van der Waals surface area contributed by atoms with Gasteiger partial charge in [-0.2, -0.15) is 0 Å². The van der Waals surface area contributed by atoms with Gasteiger partial charge in [0.05, 0.1) is 0 Å². The van der Waals surface area contributed by atoms with E-state index in [1.807, 2.05) is 36.4 Å². The third-order valence-electron chi connectivity index (χ3n) is 2.93. The molecular formula is C20H26N2O4. The standard InChI is InChI=1S/2C9H12O.2CHNO/c2*10-8-4-7-9-5-2-1-3-6-9;2*2-1-3/h2*1-3,5-6,10H,4,7-8H2;2*2H. The molecule has 6 heteroatoms. The van der Waals surface area contributed by atoms with E-state index in [1.165, 1.54) is 11.1 Å². The maximum Gasteiger partial charge on any atom is 0.231 e. The van der Waals surface area contributed by atoms with Crippen LogP contribution in [0.4, 0.5) is 0 Å². The molecule has 0 aliphatic heterocycles. The van der Waals surface area contributed by atoms with Gasteiger partial charge in [0.2, 0.25) is 12.2 Å². The summed E-state index contributed by atoms with van der Waals surface area (Å²) in [6.45, 7) is 0.573. The highest BCUT2D eigenvalue weighted by Crippen LogP contribution is 2.01. The third kappa shape index (κ3) is 19.2. The van der Waals surface area contributed by atoms with Gasteiger partial charge in [0, 0.05) is 13.2 Å². The van der Waals surface area contributed by atoms with Crippen molar-refractivity contribution in [3.63, 3.8) is 0 Å². The van der Waals surface area contributed by atoms with Crippen LogP contribution in [-0.2, 0) is 22.4 Å². The normalized spacial score (nSPS) is 8.08. The average molecular weight is 358 g/mol. The molecule has 0 radical (unpaired) electrons. The monoisotopic (exact) mass is 358 g/mol. The Balaban J connectivity index is 0. The van der Waals surface area contributed by atoms with E-state index in [4.69, 9.17) is 30.6 Å². The molecule has 6 nitrogen and oxygen atoms in total. The summed E-state index contributed by atoms with van der Waals surface area (Å²) >= 11 is 0. The lowest BCUT2D eigenvalue weighted by Crippen LogP contribution is -1.87. The molecule has 0 saturated heterocycles. The molecule has 26 heavy (non-hydrogen) atoms.